The molecular formula is C18H28N2O2S. The third kappa shape index (κ3) is 4.88. The molecular weight excluding hydrogens is 308 g/mol. The molecule has 1 aromatic rings. The van der Waals surface area contributed by atoms with E-state index in [-0.39, 0.29) is 17.9 Å². The number of rotatable bonds is 4. The van der Waals surface area contributed by atoms with Crippen LogP contribution in [0.2, 0.25) is 0 Å². The highest BCUT2D eigenvalue weighted by Gasteiger charge is 2.25. The van der Waals surface area contributed by atoms with Gasteiger partial charge >= 0.3 is 0 Å². The number of thiazole rings is 1. The molecule has 4 nitrogen and oxygen atoms in total. The molecule has 0 aliphatic heterocycles. The normalized spacial score (nSPS) is 22.5. The number of aliphatic hydroxyl groups excluding tert-OH is 1. The van der Waals surface area contributed by atoms with Gasteiger partial charge in [-0.1, -0.05) is 20.8 Å². The van der Waals surface area contributed by atoms with E-state index in [1.807, 2.05) is 24.2 Å². The maximum Gasteiger partial charge on any atom is 0.246 e. The van der Waals surface area contributed by atoms with Gasteiger partial charge in [0.25, 0.3) is 0 Å². The molecule has 1 aromatic heterocycles. The first kappa shape index (κ1) is 18.1. The van der Waals surface area contributed by atoms with E-state index in [0.717, 1.165) is 35.6 Å². The summed E-state index contributed by atoms with van der Waals surface area (Å²) in [5, 5.41) is 10.3. The lowest BCUT2D eigenvalue weighted by Gasteiger charge is -2.33. The van der Waals surface area contributed by atoms with Crippen LogP contribution in [0.3, 0.4) is 0 Å². The van der Waals surface area contributed by atoms with Crippen LogP contribution >= 0.6 is 11.3 Å². The summed E-state index contributed by atoms with van der Waals surface area (Å²) in [6.07, 6.45) is 9.33. The van der Waals surface area contributed by atoms with Gasteiger partial charge in [-0.2, -0.15) is 0 Å². The van der Waals surface area contributed by atoms with Crippen LogP contribution < -0.4 is 0 Å². The maximum absolute atomic E-state index is 12.3. The minimum atomic E-state index is 0.0445. The molecule has 1 aliphatic carbocycles. The van der Waals surface area contributed by atoms with Gasteiger partial charge < -0.3 is 10.0 Å². The fourth-order valence-electron chi connectivity index (χ4n) is 2.88. The zero-order chi connectivity index (χ0) is 17.0. The fourth-order valence-corrected chi connectivity index (χ4v) is 3.75. The molecule has 0 atom stereocenters. The first-order chi connectivity index (χ1) is 10.8. The molecule has 1 N–H and O–H groups in total. The molecule has 1 aliphatic rings. The first-order valence-corrected chi connectivity index (χ1v) is 9.15. The fraction of sp³-hybridized carbons (Fsp3) is 0.667. The second-order valence-corrected chi connectivity index (χ2v) is 8.52. The van der Waals surface area contributed by atoms with Crippen molar-refractivity contribution in [1.29, 1.82) is 0 Å². The van der Waals surface area contributed by atoms with Crippen LogP contribution in [0.25, 0.3) is 6.08 Å². The van der Waals surface area contributed by atoms with Crippen LogP contribution in [-0.4, -0.2) is 40.6 Å². The number of aliphatic hydroxyl groups is 1. The molecule has 1 saturated carbocycles. The predicted molar refractivity (Wildman–Crippen MR) is 95.4 cm³/mol. The summed E-state index contributed by atoms with van der Waals surface area (Å²) in [6, 6.07) is 0.293. The van der Waals surface area contributed by atoms with Crippen molar-refractivity contribution < 1.29 is 9.90 Å². The van der Waals surface area contributed by atoms with Crippen LogP contribution in [-0.2, 0) is 10.2 Å². The van der Waals surface area contributed by atoms with E-state index in [0.29, 0.717) is 12.0 Å². The van der Waals surface area contributed by atoms with Crippen molar-refractivity contribution in [2.75, 3.05) is 13.7 Å². The topological polar surface area (TPSA) is 53.4 Å². The van der Waals surface area contributed by atoms with Crippen molar-refractivity contribution in [1.82, 2.24) is 9.88 Å². The molecule has 5 heteroatoms. The van der Waals surface area contributed by atoms with Crippen molar-refractivity contribution in [3.63, 3.8) is 0 Å². The number of nitrogens with zero attached hydrogens (tertiary/aromatic N) is 2. The van der Waals surface area contributed by atoms with Gasteiger partial charge in [0.15, 0.2) is 0 Å². The summed E-state index contributed by atoms with van der Waals surface area (Å²) >= 11 is 1.64. The first-order valence-electron chi connectivity index (χ1n) is 8.33. The molecule has 1 amide bonds. The molecule has 23 heavy (non-hydrogen) atoms. The van der Waals surface area contributed by atoms with Gasteiger partial charge in [-0.3, -0.25) is 4.79 Å². The van der Waals surface area contributed by atoms with Gasteiger partial charge in [0, 0.05) is 42.3 Å². The van der Waals surface area contributed by atoms with E-state index in [9.17, 15) is 9.90 Å². The monoisotopic (exact) mass is 336 g/mol. The van der Waals surface area contributed by atoms with E-state index >= 15 is 0 Å². The lowest BCUT2D eigenvalue weighted by molar-refractivity contribution is -0.127. The number of carbonyl (C=O) groups excluding carboxylic acids is 1. The molecule has 0 spiro atoms. The number of carbonyl (C=O) groups is 1. The largest absolute Gasteiger partial charge is 0.396 e. The van der Waals surface area contributed by atoms with E-state index in [2.05, 4.69) is 25.8 Å². The van der Waals surface area contributed by atoms with Gasteiger partial charge in [0.1, 0.15) is 0 Å². The van der Waals surface area contributed by atoms with Crippen LogP contribution in [0.15, 0.2) is 12.3 Å². The Balaban J connectivity index is 1.92. The number of likely N-dealkylation sites (N-methyl/N-ethyl adjacent to an activating group) is 1. The average Bonchev–Trinajstić information content (AvgIpc) is 3.01. The van der Waals surface area contributed by atoms with Gasteiger partial charge in [0.05, 0.1) is 5.01 Å². The minimum Gasteiger partial charge on any atom is -0.396 e. The molecule has 0 saturated heterocycles. The maximum atomic E-state index is 12.3. The standard InChI is InChI=1S/C18H28N2O2S/c1-18(2,3)17-19-11-15(23-17)9-10-16(22)20(4)14-7-5-13(12-21)6-8-14/h9-11,13-14,21H,5-8,12H2,1-4H3/b10-9+. The second kappa shape index (κ2) is 7.58. The Morgan fingerprint density at radius 1 is 1.39 bits per heavy atom. The summed E-state index contributed by atoms with van der Waals surface area (Å²) in [7, 11) is 1.88. The Kier molecular flexibility index (Phi) is 5.98. The highest BCUT2D eigenvalue weighted by Crippen LogP contribution is 2.28. The molecule has 0 bridgehead atoms. The third-order valence-electron chi connectivity index (χ3n) is 4.53. The highest BCUT2D eigenvalue weighted by molar-refractivity contribution is 7.12. The summed E-state index contributed by atoms with van der Waals surface area (Å²) in [6.45, 7) is 6.69. The van der Waals surface area contributed by atoms with Gasteiger partial charge in [-0.25, -0.2) is 4.98 Å². The second-order valence-electron chi connectivity index (χ2n) is 7.46. The van der Waals surface area contributed by atoms with Crippen LogP contribution in [0, 0.1) is 5.92 Å². The van der Waals surface area contributed by atoms with Crippen molar-refractivity contribution in [3.8, 4) is 0 Å². The van der Waals surface area contributed by atoms with E-state index in [1.54, 1.807) is 17.4 Å². The van der Waals surface area contributed by atoms with Crippen LogP contribution in [0.4, 0.5) is 0 Å². The molecule has 0 radical (unpaired) electrons. The summed E-state index contributed by atoms with van der Waals surface area (Å²) in [5.41, 5.74) is 0.0445. The minimum absolute atomic E-state index is 0.0445. The number of aromatic nitrogens is 1. The predicted octanol–water partition coefficient (Wildman–Crippen LogP) is 3.46. The lowest BCUT2D eigenvalue weighted by Crippen LogP contribution is -2.39. The van der Waals surface area contributed by atoms with Crippen molar-refractivity contribution in [2.24, 2.45) is 5.92 Å². The lowest BCUT2D eigenvalue weighted by atomic mass is 9.86. The summed E-state index contributed by atoms with van der Waals surface area (Å²) in [5.74, 6) is 0.460. The molecule has 1 heterocycles. The number of amides is 1. The molecule has 128 valence electrons. The van der Waals surface area contributed by atoms with Gasteiger partial charge in [-0.05, 0) is 37.7 Å². The Hall–Kier alpha value is -1.20. The molecule has 0 unspecified atom stereocenters. The van der Waals surface area contributed by atoms with Crippen molar-refractivity contribution in [2.45, 2.75) is 57.9 Å². The van der Waals surface area contributed by atoms with Crippen molar-refractivity contribution >= 4 is 23.3 Å². The van der Waals surface area contributed by atoms with Crippen molar-refractivity contribution in [3.05, 3.63) is 22.2 Å². The van der Waals surface area contributed by atoms with Crippen LogP contribution in [0.1, 0.15) is 56.3 Å². The zero-order valence-electron chi connectivity index (χ0n) is 14.6. The zero-order valence-corrected chi connectivity index (χ0v) is 15.4. The summed E-state index contributed by atoms with van der Waals surface area (Å²) in [4.78, 5) is 19.6. The Bertz CT molecular complexity index is 552. The SMILES string of the molecule is CN(C(=O)/C=C/c1cnc(C(C)(C)C)s1)C1CCC(CO)CC1. The van der Waals surface area contributed by atoms with E-state index in [1.165, 1.54) is 0 Å². The third-order valence-corrected chi connectivity index (χ3v) is 5.91. The smallest absolute Gasteiger partial charge is 0.246 e. The van der Waals surface area contributed by atoms with E-state index < -0.39 is 0 Å². The molecule has 1 fully saturated rings. The number of hydrogen-bond donors (Lipinski definition) is 1. The van der Waals surface area contributed by atoms with Gasteiger partial charge in [-0.15, -0.1) is 11.3 Å². The highest BCUT2D eigenvalue weighted by atomic mass is 32.1. The quantitative estimate of drug-likeness (QED) is 0.857. The average molecular weight is 337 g/mol. The molecule has 0 aromatic carbocycles. The van der Waals surface area contributed by atoms with E-state index in [4.69, 9.17) is 0 Å². The Labute approximate surface area is 143 Å². The Morgan fingerprint density at radius 3 is 2.57 bits per heavy atom. The van der Waals surface area contributed by atoms with Crippen LogP contribution in [0.5, 0.6) is 0 Å². The Morgan fingerprint density at radius 2 is 2.04 bits per heavy atom. The van der Waals surface area contributed by atoms with Gasteiger partial charge in [0.2, 0.25) is 5.91 Å². The summed E-state index contributed by atoms with van der Waals surface area (Å²) < 4.78 is 0. The molecule has 2 rings (SSSR count). The number of hydrogen-bond acceptors (Lipinski definition) is 4.